The first-order chi connectivity index (χ1) is 7.65. The van der Waals surface area contributed by atoms with Crippen LogP contribution in [0.25, 0.3) is 0 Å². The van der Waals surface area contributed by atoms with Gasteiger partial charge in [-0.2, -0.15) is 0 Å². The molecule has 0 radical (unpaired) electrons. The molecule has 0 saturated carbocycles. The van der Waals surface area contributed by atoms with Crippen LogP contribution < -0.4 is 0 Å². The van der Waals surface area contributed by atoms with E-state index in [1.165, 1.54) is 6.07 Å². The minimum absolute atomic E-state index is 0.0954. The average Bonchev–Trinajstić information content (AvgIpc) is 2.27. The fraction of sp³-hybridized carbons (Fsp3) is 0.500. The highest BCUT2D eigenvalue weighted by Crippen LogP contribution is 2.20. The number of rotatable bonds is 6. The summed E-state index contributed by atoms with van der Waals surface area (Å²) in [6.45, 7) is 2.05. The van der Waals surface area contributed by atoms with E-state index in [0.29, 0.717) is 18.4 Å². The van der Waals surface area contributed by atoms with Crippen molar-refractivity contribution in [1.82, 2.24) is 0 Å². The molecule has 1 unspecified atom stereocenters. The Balaban J connectivity index is 2.69. The highest BCUT2D eigenvalue weighted by Gasteiger charge is 2.15. The number of aliphatic hydroxyl groups is 1. The molecule has 4 heteroatoms. The molecule has 0 aliphatic rings. The van der Waals surface area contributed by atoms with Crippen LogP contribution in [0.2, 0.25) is 0 Å². The molecule has 0 heterocycles. The molecule has 0 aromatic heterocycles. The molecule has 88 valence electrons. The van der Waals surface area contributed by atoms with E-state index >= 15 is 0 Å². The summed E-state index contributed by atoms with van der Waals surface area (Å²) < 4.78 is 0. The van der Waals surface area contributed by atoms with Gasteiger partial charge in [0.15, 0.2) is 0 Å². The summed E-state index contributed by atoms with van der Waals surface area (Å²) >= 11 is 0. The van der Waals surface area contributed by atoms with Gasteiger partial charge in [-0.15, -0.1) is 0 Å². The molecule has 0 spiro atoms. The van der Waals surface area contributed by atoms with Crippen molar-refractivity contribution >= 4 is 5.69 Å². The molecule has 0 aliphatic heterocycles. The van der Waals surface area contributed by atoms with Gasteiger partial charge in [-0.25, -0.2) is 0 Å². The monoisotopic (exact) mass is 223 g/mol. The normalized spacial score (nSPS) is 12.4. The summed E-state index contributed by atoms with van der Waals surface area (Å²) in [4.78, 5) is 10.3. The molecule has 1 N–H and O–H groups in total. The lowest BCUT2D eigenvalue weighted by Gasteiger charge is -2.09. The van der Waals surface area contributed by atoms with Gasteiger partial charge in [-0.05, 0) is 6.42 Å². The van der Waals surface area contributed by atoms with Gasteiger partial charge in [0.2, 0.25) is 0 Å². The Bertz CT molecular complexity index is 352. The summed E-state index contributed by atoms with van der Waals surface area (Å²) in [5.74, 6) is 0. The lowest BCUT2D eigenvalue weighted by Crippen LogP contribution is -2.11. The SMILES string of the molecule is CCCCC(O)Cc1ccccc1[N+](=O)[O-]. The minimum Gasteiger partial charge on any atom is -0.393 e. The first-order valence-corrected chi connectivity index (χ1v) is 5.55. The number of unbranched alkanes of at least 4 members (excludes halogenated alkanes) is 1. The van der Waals surface area contributed by atoms with Gasteiger partial charge in [0, 0.05) is 18.1 Å². The Morgan fingerprint density at radius 1 is 1.44 bits per heavy atom. The van der Waals surface area contributed by atoms with Gasteiger partial charge in [-0.3, -0.25) is 10.1 Å². The lowest BCUT2D eigenvalue weighted by molar-refractivity contribution is -0.385. The molecule has 1 rings (SSSR count). The summed E-state index contributed by atoms with van der Waals surface area (Å²) in [6.07, 6.45) is 2.54. The first kappa shape index (κ1) is 12.6. The van der Waals surface area contributed by atoms with Crippen molar-refractivity contribution in [3.63, 3.8) is 0 Å². The third kappa shape index (κ3) is 3.62. The molecule has 0 fully saturated rings. The van der Waals surface area contributed by atoms with E-state index < -0.39 is 11.0 Å². The molecular formula is C12H17NO3. The summed E-state index contributed by atoms with van der Waals surface area (Å²) in [5.41, 5.74) is 0.703. The lowest BCUT2D eigenvalue weighted by atomic mass is 10.0. The number of nitro benzene ring substituents is 1. The number of hydrogen-bond donors (Lipinski definition) is 1. The maximum Gasteiger partial charge on any atom is 0.272 e. The van der Waals surface area contributed by atoms with Gasteiger partial charge in [0.25, 0.3) is 5.69 Å². The topological polar surface area (TPSA) is 63.4 Å². The molecule has 0 aliphatic carbocycles. The molecule has 1 aromatic rings. The highest BCUT2D eigenvalue weighted by molar-refractivity contribution is 5.40. The van der Waals surface area contributed by atoms with E-state index in [9.17, 15) is 15.2 Å². The molecule has 16 heavy (non-hydrogen) atoms. The van der Waals surface area contributed by atoms with Crippen molar-refractivity contribution in [3.8, 4) is 0 Å². The molecule has 1 atom stereocenters. The number of para-hydroxylation sites is 1. The first-order valence-electron chi connectivity index (χ1n) is 5.55. The van der Waals surface area contributed by atoms with Gasteiger partial charge in [0.05, 0.1) is 11.0 Å². The Morgan fingerprint density at radius 3 is 2.75 bits per heavy atom. The van der Waals surface area contributed by atoms with E-state index in [2.05, 4.69) is 6.92 Å². The van der Waals surface area contributed by atoms with Crippen LogP contribution in [0.1, 0.15) is 31.7 Å². The predicted molar refractivity (Wildman–Crippen MR) is 62.3 cm³/mol. The third-order valence-corrected chi connectivity index (χ3v) is 2.53. The van der Waals surface area contributed by atoms with Crippen LogP contribution in [0.15, 0.2) is 24.3 Å². The average molecular weight is 223 g/mol. The Labute approximate surface area is 95.1 Å². The fourth-order valence-corrected chi connectivity index (χ4v) is 1.66. The van der Waals surface area contributed by atoms with Crippen molar-refractivity contribution in [3.05, 3.63) is 39.9 Å². The predicted octanol–water partition coefficient (Wildman–Crippen LogP) is 2.69. The zero-order chi connectivity index (χ0) is 12.0. The highest BCUT2D eigenvalue weighted by atomic mass is 16.6. The van der Waals surface area contributed by atoms with Crippen LogP contribution >= 0.6 is 0 Å². The van der Waals surface area contributed by atoms with Crippen LogP contribution in [0, 0.1) is 10.1 Å². The van der Waals surface area contributed by atoms with Gasteiger partial charge >= 0.3 is 0 Å². The maximum atomic E-state index is 10.7. The van der Waals surface area contributed by atoms with Crippen LogP contribution in [-0.2, 0) is 6.42 Å². The molecule has 4 nitrogen and oxygen atoms in total. The second-order valence-electron chi connectivity index (χ2n) is 3.89. The second kappa shape index (κ2) is 6.23. The number of nitrogens with zero attached hydrogens (tertiary/aromatic N) is 1. The van der Waals surface area contributed by atoms with Crippen molar-refractivity contribution in [2.75, 3.05) is 0 Å². The van der Waals surface area contributed by atoms with E-state index in [4.69, 9.17) is 0 Å². The fourth-order valence-electron chi connectivity index (χ4n) is 1.66. The van der Waals surface area contributed by atoms with Crippen molar-refractivity contribution in [1.29, 1.82) is 0 Å². The van der Waals surface area contributed by atoms with Crippen LogP contribution in [0.3, 0.4) is 0 Å². The van der Waals surface area contributed by atoms with Gasteiger partial charge < -0.3 is 5.11 Å². The van der Waals surface area contributed by atoms with Crippen molar-refractivity contribution in [2.24, 2.45) is 0 Å². The quantitative estimate of drug-likeness (QED) is 0.595. The summed E-state index contributed by atoms with van der Waals surface area (Å²) in [6, 6.07) is 6.57. The van der Waals surface area contributed by atoms with Crippen molar-refractivity contribution in [2.45, 2.75) is 38.7 Å². The van der Waals surface area contributed by atoms with Crippen LogP contribution in [0.5, 0.6) is 0 Å². The summed E-state index contributed by atoms with van der Waals surface area (Å²) in [5, 5.41) is 20.5. The Morgan fingerprint density at radius 2 is 2.12 bits per heavy atom. The number of nitro groups is 1. The van der Waals surface area contributed by atoms with Crippen LogP contribution in [-0.4, -0.2) is 16.1 Å². The van der Waals surface area contributed by atoms with Gasteiger partial charge in [-0.1, -0.05) is 38.0 Å². The van der Waals surface area contributed by atoms with E-state index in [1.807, 2.05) is 0 Å². The largest absolute Gasteiger partial charge is 0.393 e. The van der Waals surface area contributed by atoms with Crippen LogP contribution in [0.4, 0.5) is 5.69 Å². The number of benzene rings is 1. The van der Waals surface area contributed by atoms with Gasteiger partial charge in [0.1, 0.15) is 0 Å². The Kier molecular flexibility index (Phi) is 4.92. The van der Waals surface area contributed by atoms with E-state index in [-0.39, 0.29) is 5.69 Å². The zero-order valence-corrected chi connectivity index (χ0v) is 9.43. The zero-order valence-electron chi connectivity index (χ0n) is 9.43. The second-order valence-corrected chi connectivity index (χ2v) is 3.89. The minimum atomic E-state index is -0.485. The summed E-state index contributed by atoms with van der Waals surface area (Å²) in [7, 11) is 0. The molecule has 0 bridgehead atoms. The molecule has 1 aromatic carbocycles. The standard InChI is InChI=1S/C12H17NO3/c1-2-3-7-11(14)9-10-6-4-5-8-12(10)13(15)16/h4-6,8,11,14H,2-3,7,9H2,1H3. The number of aliphatic hydroxyl groups excluding tert-OH is 1. The number of hydrogen-bond acceptors (Lipinski definition) is 3. The van der Waals surface area contributed by atoms with E-state index in [0.717, 1.165) is 12.8 Å². The Hall–Kier alpha value is -1.42. The van der Waals surface area contributed by atoms with Crippen molar-refractivity contribution < 1.29 is 10.0 Å². The molecule has 0 saturated heterocycles. The van der Waals surface area contributed by atoms with E-state index in [1.54, 1.807) is 18.2 Å². The molecule has 0 amide bonds. The molecular weight excluding hydrogens is 206 g/mol. The smallest absolute Gasteiger partial charge is 0.272 e. The maximum absolute atomic E-state index is 10.7. The third-order valence-electron chi connectivity index (χ3n) is 2.53.